The lowest BCUT2D eigenvalue weighted by Crippen LogP contribution is -2.51. The Bertz CT molecular complexity index is 480. The average molecular weight is 274 g/mol. The first-order valence-corrected chi connectivity index (χ1v) is 7.01. The van der Waals surface area contributed by atoms with Crippen LogP contribution in [0.2, 0.25) is 0 Å². The van der Waals surface area contributed by atoms with Crippen molar-refractivity contribution in [1.82, 2.24) is 4.90 Å². The van der Waals surface area contributed by atoms with E-state index in [4.69, 9.17) is 0 Å². The quantitative estimate of drug-likeness (QED) is 0.776. The molecule has 0 atom stereocenters. The van der Waals surface area contributed by atoms with Crippen molar-refractivity contribution in [3.63, 3.8) is 0 Å². The van der Waals surface area contributed by atoms with Crippen molar-refractivity contribution in [3.8, 4) is 0 Å². The number of benzene rings is 1. The van der Waals surface area contributed by atoms with Gasteiger partial charge >= 0.3 is 0 Å². The first-order valence-electron chi connectivity index (χ1n) is 7.01. The highest BCUT2D eigenvalue weighted by molar-refractivity contribution is 5.81. The Morgan fingerprint density at radius 2 is 1.60 bits per heavy atom. The van der Waals surface area contributed by atoms with Crippen LogP contribution in [-0.2, 0) is 4.79 Å². The summed E-state index contributed by atoms with van der Waals surface area (Å²) < 4.78 is 0. The molecule has 0 N–H and O–H groups in total. The molecule has 1 aliphatic heterocycles. The molecule has 1 aromatic carbocycles. The molecule has 0 unspecified atom stereocenters. The Balaban J connectivity index is 1.97. The fourth-order valence-corrected chi connectivity index (χ4v) is 2.41. The molecule has 1 heterocycles. The van der Waals surface area contributed by atoms with Gasteiger partial charge in [-0.25, -0.2) is 0 Å². The van der Waals surface area contributed by atoms with Crippen molar-refractivity contribution in [1.29, 1.82) is 0 Å². The summed E-state index contributed by atoms with van der Waals surface area (Å²) in [6.07, 6.45) is 0.851. The van der Waals surface area contributed by atoms with E-state index in [0.29, 0.717) is 5.56 Å². The molecular weight excluding hydrogens is 252 g/mol. The van der Waals surface area contributed by atoms with Gasteiger partial charge in [0.25, 0.3) is 0 Å². The van der Waals surface area contributed by atoms with Crippen LogP contribution < -0.4 is 4.90 Å². The van der Waals surface area contributed by atoms with E-state index in [9.17, 15) is 9.59 Å². The van der Waals surface area contributed by atoms with Crippen LogP contribution in [0.4, 0.5) is 5.69 Å². The first kappa shape index (κ1) is 14.6. The Morgan fingerprint density at radius 3 is 2.05 bits per heavy atom. The van der Waals surface area contributed by atoms with Crippen molar-refractivity contribution in [2.75, 3.05) is 31.1 Å². The Kier molecular flexibility index (Phi) is 4.12. The summed E-state index contributed by atoms with van der Waals surface area (Å²) in [5.41, 5.74) is 1.49. The minimum absolute atomic E-state index is 0.216. The van der Waals surface area contributed by atoms with Crippen LogP contribution in [0.15, 0.2) is 24.3 Å². The van der Waals surface area contributed by atoms with Crippen LogP contribution >= 0.6 is 0 Å². The third kappa shape index (κ3) is 3.18. The van der Waals surface area contributed by atoms with Gasteiger partial charge in [-0.1, -0.05) is 20.8 Å². The van der Waals surface area contributed by atoms with E-state index in [1.54, 1.807) is 0 Å². The number of nitrogens with zero attached hydrogens (tertiary/aromatic N) is 2. The highest BCUT2D eigenvalue weighted by Gasteiger charge is 2.29. The minimum atomic E-state index is -0.312. The zero-order chi connectivity index (χ0) is 14.8. The molecule has 0 radical (unpaired) electrons. The number of rotatable bonds is 2. The molecule has 1 saturated heterocycles. The maximum atomic E-state index is 12.2. The zero-order valence-corrected chi connectivity index (χ0v) is 12.4. The molecule has 1 aliphatic rings. The van der Waals surface area contributed by atoms with Crippen molar-refractivity contribution < 1.29 is 9.59 Å². The summed E-state index contributed by atoms with van der Waals surface area (Å²) in [4.78, 5) is 27.1. The van der Waals surface area contributed by atoms with E-state index in [2.05, 4.69) is 4.90 Å². The van der Waals surface area contributed by atoms with Gasteiger partial charge in [0.1, 0.15) is 6.29 Å². The molecular formula is C16H22N2O2. The highest BCUT2D eigenvalue weighted by Crippen LogP contribution is 2.21. The second kappa shape index (κ2) is 5.65. The van der Waals surface area contributed by atoms with E-state index in [1.807, 2.05) is 49.9 Å². The van der Waals surface area contributed by atoms with Gasteiger partial charge in [0.05, 0.1) is 0 Å². The largest absolute Gasteiger partial charge is 0.368 e. The molecule has 0 bridgehead atoms. The van der Waals surface area contributed by atoms with Crippen molar-refractivity contribution in [2.45, 2.75) is 20.8 Å². The van der Waals surface area contributed by atoms with Gasteiger partial charge in [0.15, 0.2) is 0 Å². The summed E-state index contributed by atoms with van der Waals surface area (Å²) in [5, 5.41) is 0. The van der Waals surface area contributed by atoms with Crippen molar-refractivity contribution >= 4 is 17.9 Å². The van der Waals surface area contributed by atoms with Crippen molar-refractivity contribution in [2.24, 2.45) is 5.41 Å². The number of anilines is 1. The molecule has 1 amide bonds. The lowest BCUT2D eigenvalue weighted by atomic mass is 9.94. The molecule has 20 heavy (non-hydrogen) atoms. The Morgan fingerprint density at radius 1 is 1.05 bits per heavy atom. The zero-order valence-electron chi connectivity index (χ0n) is 12.4. The van der Waals surface area contributed by atoms with E-state index >= 15 is 0 Å². The molecule has 2 rings (SSSR count). The van der Waals surface area contributed by atoms with E-state index < -0.39 is 0 Å². The molecule has 0 aromatic heterocycles. The van der Waals surface area contributed by atoms with Crippen LogP contribution in [0.1, 0.15) is 31.1 Å². The molecule has 0 saturated carbocycles. The summed E-state index contributed by atoms with van der Waals surface area (Å²) in [7, 11) is 0. The maximum absolute atomic E-state index is 12.2. The standard InChI is InChI=1S/C16H22N2O2/c1-16(2,3)15(20)18-10-8-17(9-11-18)14-6-4-13(12-19)5-7-14/h4-7,12H,8-11H2,1-3H3. The van der Waals surface area contributed by atoms with Gasteiger partial charge < -0.3 is 9.80 Å². The molecule has 1 aromatic rings. The van der Waals surface area contributed by atoms with Crippen LogP contribution in [-0.4, -0.2) is 43.3 Å². The van der Waals surface area contributed by atoms with Gasteiger partial charge in [-0.15, -0.1) is 0 Å². The topological polar surface area (TPSA) is 40.6 Å². The Labute approximate surface area is 120 Å². The second-order valence-corrected chi connectivity index (χ2v) is 6.24. The SMILES string of the molecule is CC(C)(C)C(=O)N1CCN(c2ccc(C=O)cc2)CC1. The molecule has 0 spiro atoms. The van der Waals surface area contributed by atoms with Crippen LogP contribution in [0.25, 0.3) is 0 Å². The molecule has 0 aliphatic carbocycles. The third-order valence-electron chi connectivity index (χ3n) is 3.60. The Hall–Kier alpha value is -1.84. The smallest absolute Gasteiger partial charge is 0.228 e. The number of hydrogen-bond acceptors (Lipinski definition) is 3. The monoisotopic (exact) mass is 274 g/mol. The average Bonchev–Trinajstić information content (AvgIpc) is 2.46. The normalized spacial score (nSPS) is 16.1. The number of hydrogen-bond donors (Lipinski definition) is 0. The predicted octanol–water partition coefficient (Wildman–Crippen LogP) is 2.19. The van der Waals surface area contributed by atoms with Gasteiger partial charge in [0, 0.05) is 42.8 Å². The van der Waals surface area contributed by atoms with Gasteiger partial charge in [-0.05, 0) is 24.3 Å². The number of aldehydes is 1. The van der Waals surface area contributed by atoms with Gasteiger partial charge in [-0.3, -0.25) is 9.59 Å². The first-order chi connectivity index (χ1) is 9.41. The van der Waals surface area contributed by atoms with E-state index in [-0.39, 0.29) is 11.3 Å². The third-order valence-corrected chi connectivity index (χ3v) is 3.60. The lowest BCUT2D eigenvalue weighted by Gasteiger charge is -2.38. The van der Waals surface area contributed by atoms with E-state index in [0.717, 1.165) is 38.2 Å². The summed E-state index contributed by atoms with van der Waals surface area (Å²) in [6, 6.07) is 7.58. The van der Waals surface area contributed by atoms with Crippen LogP contribution in [0, 0.1) is 5.41 Å². The highest BCUT2D eigenvalue weighted by atomic mass is 16.2. The molecule has 4 heteroatoms. The number of carbonyl (C=O) groups is 2. The van der Waals surface area contributed by atoms with Gasteiger partial charge in [-0.2, -0.15) is 0 Å². The minimum Gasteiger partial charge on any atom is -0.368 e. The van der Waals surface area contributed by atoms with Crippen molar-refractivity contribution in [3.05, 3.63) is 29.8 Å². The molecule has 1 fully saturated rings. The van der Waals surface area contributed by atoms with Crippen LogP contribution in [0.3, 0.4) is 0 Å². The fraction of sp³-hybridized carbons (Fsp3) is 0.500. The molecule has 108 valence electrons. The fourth-order valence-electron chi connectivity index (χ4n) is 2.41. The number of piperazine rings is 1. The second-order valence-electron chi connectivity index (χ2n) is 6.24. The predicted molar refractivity (Wildman–Crippen MR) is 80.1 cm³/mol. The van der Waals surface area contributed by atoms with Gasteiger partial charge in [0.2, 0.25) is 5.91 Å². The summed E-state index contributed by atoms with van der Waals surface area (Å²) in [6.45, 7) is 9.06. The molecule has 4 nitrogen and oxygen atoms in total. The number of amides is 1. The lowest BCUT2D eigenvalue weighted by molar-refractivity contribution is -0.139. The number of carbonyl (C=O) groups excluding carboxylic acids is 2. The van der Waals surface area contributed by atoms with Crippen LogP contribution in [0.5, 0.6) is 0 Å². The maximum Gasteiger partial charge on any atom is 0.228 e. The summed E-state index contributed by atoms with van der Waals surface area (Å²) in [5.74, 6) is 0.216. The summed E-state index contributed by atoms with van der Waals surface area (Å²) >= 11 is 0. The van der Waals surface area contributed by atoms with E-state index in [1.165, 1.54) is 0 Å².